The Kier molecular flexibility index (Phi) is 5.94. The minimum atomic E-state index is -0.307. The molecule has 2 N–H and O–H groups in total. The molecule has 2 aromatic heterocycles. The fourth-order valence-electron chi connectivity index (χ4n) is 4.29. The Hall–Kier alpha value is -2.24. The Bertz CT molecular complexity index is 1040. The van der Waals surface area contributed by atoms with Crippen LogP contribution in [0.2, 0.25) is 0 Å². The van der Waals surface area contributed by atoms with Gasteiger partial charge in [-0.1, -0.05) is 51.1 Å². The molecular formula is C25H30N2O2S. The predicted octanol–water partition coefficient (Wildman–Crippen LogP) is 4.78. The molecule has 5 heteroatoms. The summed E-state index contributed by atoms with van der Waals surface area (Å²) < 4.78 is 0. The lowest BCUT2D eigenvalue weighted by Gasteiger charge is -2.34. The van der Waals surface area contributed by atoms with Gasteiger partial charge in [-0.15, -0.1) is 11.3 Å². The quantitative estimate of drug-likeness (QED) is 0.622. The predicted molar refractivity (Wildman–Crippen MR) is 123 cm³/mol. The van der Waals surface area contributed by atoms with Crippen LogP contribution in [-0.4, -0.2) is 28.6 Å². The van der Waals surface area contributed by atoms with Crippen molar-refractivity contribution in [1.82, 2.24) is 10.3 Å². The first-order valence-corrected chi connectivity index (χ1v) is 11.5. The van der Waals surface area contributed by atoms with Gasteiger partial charge in [0.25, 0.3) is 5.91 Å². The minimum absolute atomic E-state index is 0.0910. The molecule has 4 rings (SSSR count). The number of hydrogen-bond acceptors (Lipinski definition) is 4. The lowest BCUT2D eigenvalue weighted by Crippen LogP contribution is -2.38. The number of nitrogens with zero attached hydrogens (tertiary/aromatic N) is 1. The molecule has 0 aliphatic heterocycles. The van der Waals surface area contributed by atoms with E-state index in [1.165, 1.54) is 29.0 Å². The molecule has 2 atom stereocenters. The zero-order chi connectivity index (χ0) is 21.3. The van der Waals surface area contributed by atoms with Crippen LogP contribution >= 0.6 is 11.3 Å². The first kappa shape index (κ1) is 21.0. The number of hydrogen-bond donors (Lipinski definition) is 2. The van der Waals surface area contributed by atoms with Crippen molar-refractivity contribution >= 4 is 27.5 Å². The lowest BCUT2D eigenvalue weighted by molar-refractivity contribution is 0.0920. The summed E-state index contributed by atoms with van der Waals surface area (Å²) in [5.74, 6) is 0.521. The Labute approximate surface area is 182 Å². The fourth-order valence-corrected chi connectivity index (χ4v) is 5.23. The van der Waals surface area contributed by atoms with Gasteiger partial charge in [0, 0.05) is 11.1 Å². The normalized spacial score (nSPS) is 17.5. The van der Waals surface area contributed by atoms with Gasteiger partial charge >= 0.3 is 0 Å². The molecule has 1 aromatic carbocycles. The molecule has 30 heavy (non-hydrogen) atoms. The summed E-state index contributed by atoms with van der Waals surface area (Å²) in [7, 11) is 0. The standard InChI is InChI=1S/C25H30N2O2S/c1-25(2,3)19-9-10-21-17(13-19)12-18-14-22(30-24(18)27-21)23(29)26-20(15-28)11-16-7-5-4-6-8-16/h4-8,12,14,19-20,28H,9-11,13,15H2,1-3H3,(H,26,29)/t19?,20-/m0/s1. The van der Waals surface area contributed by atoms with Crippen LogP contribution in [0, 0.1) is 11.3 Å². The largest absolute Gasteiger partial charge is 0.394 e. The van der Waals surface area contributed by atoms with Crippen LogP contribution in [0.5, 0.6) is 0 Å². The Morgan fingerprint density at radius 3 is 2.73 bits per heavy atom. The summed E-state index contributed by atoms with van der Waals surface area (Å²) >= 11 is 1.44. The van der Waals surface area contributed by atoms with Crippen LogP contribution < -0.4 is 5.32 Å². The summed E-state index contributed by atoms with van der Waals surface area (Å²) in [5.41, 5.74) is 3.91. The van der Waals surface area contributed by atoms with Crippen molar-refractivity contribution in [2.24, 2.45) is 11.3 Å². The van der Waals surface area contributed by atoms with Crippen molar-refractivity contribution in [3.63, 3.8) is 0 Å². The summed E-state index contributed by atoms with van der Waals surface area (Å²) in [6.45, 7) is 6.85. The molecule has 0 saturated carbocycles. The van der Waals surface area contributed by atoms with E-state index in [0.29, 0.717) is 22.6 Å². The van der Waals surface area contributed by atoms with Crippen molar-refractivity contribution in [1.29, 1.82) is 0 Å². The molecule has 4 nitrogen and oxygen atoms in total. The van der Waals surface area contributed by atoms with Crippen molar-refractivity contribution in [2.75, 3.05) is 6.61 Å². The molecule has 0 saturated heterocycles. The molecule has 1 aliphatic carbocycles. The molecule has 1 amide bonds. The molecule has 0 bridgehead atoms. The van der Waals surface area contributed by atoms with E-state index in [2.05, 4.69) is 32.2 Å². The third-order valence-corrected chi connectivity index (χ3v) is 7.25. The number of nitrogens with one attached hydrogen (secondary N) is 1. The lowest BCUT2D eigenvalue weighted by atomic mass is 9.71. The van der Waals surface area contributed by atoms with Gasteiger partial charge in [-0.2, -0.15) is 0 Å². The topological polar surface area (TPSA) is 62.2 Å². The second-order valence-corrected chi connectivity index (χ2v) is 10.5. The number of fused-ring (bicyclic) bond motifs is 2. The van der Waals surface area contributed by atoms with E-state index in [1.807, 2.05) is 36.4 Å². The van der Waals surface area contributed by atoms with E-state index in [0.717, 1.165) is 28.6 Å². The van der Waals surface area contributed by atoms with E-state index in [4.69, 9.17) is 4.98 Å². The van der Waals surface area contributed by atoms with Crippen LogP contribution in [0.1, 0.15) is 53.7 Å². The molecule has 0 radical (unpaired) electrons. The second kappa shape index (κ2) is 8.48. The summed E-state index contributed by atoms with van der Waals surface area (Å²) in [4.78, 5) is 19.3. The van der Waals surface area contributed by atoms with Crippen LogP contribution in [0.25, 0.3) is 10.2 Å². The average molecular weight is 423 g/mol. The van der Waals surface area contributed by atoms with Gasteiger partial charge in [-0.05, 0) is 60.3 Å². The van der Waals surface area contributed by atoms with Crippen LogP contribution in [0.15, 0.2) is 42.5 Å². The highest BCUT2D eigenvalue weighted by Crippen LogP contribution is 2.38. The number of aliphatic hydroxyl groups is 1. The number of amides is 1. The van der Waals surface area contributed by atoms with E-state index in [1.54, 1.807) is 0 Å². The van der Waals surface area contributed by atoms with Crippen LogP contribution in [-0.2, 0) is 19.3 Å². The zero-order valence-electron chi connectivity index (χ0n) is 17.9. The van der Waals surface area contributed by atoms with Gasteiger partial charge in [-0.3, -0.25) is 4.79 Å². The molecule has 3 aromatic rings. The molecule has 1 aliphatic rings. The molecule has 1 unspecified atom stereocenters. The monoisotopic (exact) mass is 422 g/mol. The van der Waals surface area contributed by atoms with Gasteiger partial charge in [-0.25, -0.2) is 4.98 Å². The van der Waals surface area contributed by atoms with Crippen molar-refractivity contribution in [2.45, 2.75) is 52.5 Å². The number of aromatic nitrogens is 1. The van der Waals surface area contributed by atoms with Crippen molar-refractivity contribution in [3.8, 4) is 0 Å². The fraction of sp³-hybridized carbons (Fsp3) is 0.440. The van der Waals surface area contributed by atoms with E-state index in [-0.39, 0.29) is 18.6 Å². The van der Waals surface area contributed by atoms with E-state index >= 15 is 0 Å². The number of carbonyl (C=O) groups is 1. The molecule has 2 heterocycles. The van der Waals surface area contributed by atoms with Gasteiger partial charge in [0.2, 0.25) is 0 Å². The highest BCUT2D eigenvalue weighted by atomic mass is 32.1. The maximum atomic E-state index is 12.8. The van der Waals surface area contributed by atoms with Crippen LogP contribution in [0.4, 0.5) is 0 Å². The van der Waals surface area contributed by atoms with Gasteiger partial charge < -0.3 is 10.4 Å². The number of aliphatic hydroxyl groups excluding tert-OH is 1. The van der Waals surface area contributed by atoms with E-state index in [9.17, 15) is 9.90 Å². The highest BCUT2D eigenvalue weighted by Gasteiger charge is 2.29. The number of rotatable bonds is 5. The van der Waals surface area contributed by atoms with Gasteiger partial charge in [0.1, 0.15) is 4.83 Å². The summed E-state index contributed by atoms with van der Waals surface area (Å²) in [5, 5.41) is 13.8. The third-order valence-electron chi connectivity index (χ3n) is 6.20. The molecule has 158 valence electrons. The van der Waals surface area contributed by atoms with Crippen molar-refractivity contribution < 1.29 is 9.90 Å². The highest BCUT2D eigenvalue weighted by molar-refractivity contribution is 7.20. The number of carbonyl (C=O) groups excluding carboxylic acids is 1. The first-order valence-electron chi connectivity index (χ1n) is 10.7. The van der Waals surface area contributed by atoms with Crippen LogP contribution in [0.3, 0.4) is 0 Å². The number of aryl methyl sites for hydroxylation is 1. The van der Waals surface area contributed by atoms with Gasteiger partial charge in [0.05, 0.1) is 17.5 Å². The minimum Gasteiger partial charge on any atom is -0.394 e. The second-order valence-electron chi connectivity index (χ2n) is 9.45. The van der Waals surface area contributed by atoms with Gasteiger partial charge in [0.15, 0.2) is 0 Å². The molecular weight excluding hydrogens is 392 g/mol. The Balaban J connectivity index is 1.51. The number of pyridine rings is 1. The Morgan fingerprint density at radius 1 is 1.27 bits per heavy atom. The van der Waals surface area contributed by atoms with E-state index < -0.39 is 0 Å². The smallest absolute Gasteiger partial charge is 0.261 e. The number of thiophene rings is 1. The summed E-state index contributed by atoms with van der Waals surface area (Å²) in [6, 6.07) is 13.8. The average Bonchev–Trinajstić information content (AvgIpc) is 3.14. The number of benzene rings is 1. The summed E-state index contributed by atoms with van der Waals surface area (Å²) in [6.07, 6.45) is 3.85. The molecule has 0 spiro atoms. The maximum absolute atomic E-state index is 12.8. The SMILES string of the molecule is CC(C)(C)C1CCc2nc3sc(C(=O)N[C@H](CO)Cc4ccccc4)cc3cc2C1. The zero-order valence-corrected chi connectivity index (χ0v) is 18.8. The first-order chi connectivity index (χ1) is 14.3. The molecule has 0 fully saturated rings. The third kappa shape index (κ3) is 4.57. The maximum Gasteiger partial charge on any atom is 0.261 e. The van der Waals surface area contributed by atoms with Crippen molar-refractivity contribution in [3.05, 3.63) is 64.2 Å². The Morgan fingerprint density at radius 2 is 2.03 bits per heavy atom.